The first kappa shape index (κ1) is 14.7. The molecule has 0 N–H and O–H groups in total. The van der Waals surface area contributed by atoms with E-state index < -0.39 is 0 Å². The van der Waals surface area contributed by atoms with Gasteiger partial charge in [-0.05, 0) is 30.3 Å². The van der Waals surface area contributed by atoms with Gasteiger partial charge in [0.25, 0.3) is 0 Å². The molecule has 3 heterocycles. The third-order valence-corrected chi connectivity index (χ3v) is 4.36. The number of hydrogen-bond donors (Lipinski definition) is 0. The lowest BCUT2D eigenvalue weighted by Crippen LogP contribution is -2.23. The number of ether oxygens (including phenoxy) is 1. The van der Waals surface area contributed by atoms with Crippen molar-refractivity contribution in [1.82, 2.24) is 19.6 Å². The molecule has 0 bridgehead atoms. The summed E-state index contributed by atoms with van der Waals surface area (Å²) in [6.07, 6.45) is 1.67. The predicted molar refractivity (Wildman–Crippen MR) is 96.7 cm³/mol. The maximum Gasteiger partial charge on any atom is 0.210 e. The molecule has 0 aliphatic carbocycles. The first-order valence-electron chi connectivity index (χ1n) is 8.26. The van der Waals surface area contributed by atoms with Crippen LogP contribution in [-0.2, 0) is 6.61 Å². The summed E-state index contributed by atoms with van der Waals surface area (Å²) in [6, 6.07) is 20.7. The van der Waals surface area contributed by atoms with Gasteiger partial charge in [-0.15, -0.1) is 0 Å². The van der Waals surface area contributed by atoms with Crippen LogP contribution in [0.25, 0.3) is 22.8 Å². The van der Waals surface area contributed by atoms with Gasteiger partial charge >= 0.3 is 0 Å². The van der Waals surface area contributed by atoms with Crippen molar-refractivity contribution in [1.29, 1.82) is 0 Å². The third kappa shape index (κ3) is 2.23. The molecule has 0 saturated carbocycles. The molecular weight excluding hydrogens is 328 g/mol. The fourth-order valence-corrected chi connectivity index (χ4v) is 3.15. The minimum Gasteiger partial charge on any atom is -0.485 e. The molecule has 0 atom stereocenters. The maximum atomic E-state index is 12.7. The van der Waals surface area contributed by atoms with Gasteiger partial charge in [-0.25, -0.2) is 9.36 Å². The fourth-order valence-electron chi connectivity index (χ4n) is 3.15. The molecule has 0 fully saturated rings. The number of hydrogen-bond acceptors (Lipinski definition) is 4. The molecule has 0 unspecified atom stereocenters. The molecule has 0 spiro atoms. The van der Waals surface area contributed by atoms with Crippen molar-refractivity contribution >= 4 is 0 Å². The Morgan fingerprint density at radius 3 is 2.62 bits per heavy atom. The summed E-state index contributed by atoms with van der Waals surface area (Å²) >= 11 is 0. The molecule has 2 aromatic carbocycles. The van der Waals surface area contributed by atoms with E-state index in [1.807, 2.05) is 54.6 Å². The van der Waals surface area contributed by atoms with Crippen LogP contribution < -0.4 is 10.2 Å². The Kier molecular flexibility index (Phi) is 3.21. The van der Waals surface area contributed by atoms with E-state index in [1.54, 1.807) is 27.7 Å². The van der Waals surface area contributed by atoms with E-state index in [2.05, 4.69) is 10.2 Å². The van der Waals surface area contributed by atoms with Crippen LogP contribution in [0.5, 0.6) is 5.75 Å². The third-order valence-electron chi connectivity index (χ3n) is 4.36. The Labute approximate surface area is 148 Å². The highest BCUT2D eigenvalue weighted by Gasteiger charge is 2.21. The summed E-state index contributed by atoms with van der Waals surface area (Å²) in [7, 11) is 0. The second kappa shape index (κ2) is 5.70. The van der Waals surface area contributed by atoms with E-state index in [1.165, 1.54) is 0 Å². The average molecular weight is 342 g/mol. The van der Waals surface area contributed by atoms with Crippen molar-refractivity contribution < 1.29 is 4.74 Å². The molecule has 26 heavy (non-hydrogen) atoms. The Bertz CT molecular complexity index is 1160. The molecule has 1 aliphatic rings. The lowest BCUT2D eigenvalue weighted by Gasteiger charge is -2.22. The number of rotatable bonds is 2. The summed E-state index contributed by atoms with van der Waals surface area (Å²) < 4.78 is 9.21. The number of benzene rings is 2. The van der Waals surface area contributed by atoms with Crippen LogP contribution in [0.4, 0.5) is 0 Å². The zero-order valence-corrected chi connectivity index (χ0v) is 13.7. The van der Waals surface area contributed by atoms with Crippen LogP contribution in [0.1, 0.15) is 5.69 Å². The number of nitrogens with zero attached hydrogens (tertiary/aromatic N) is 4. The summed E-state index contributed by atoms with van der Waals surface area (Å²) in [5, 5.41) is 9.01. The van der Waals surface area contributed by atoms with Gasteiger partial charge in [0, 0.05) is 6.07 Å². The minimum atomic E-state index is -0.156. The van der Waals surface area contributed by atoms with E-state index in [4.69, 9.17) is 4.74 Å². The molecule has 0 saturated heterocycles. The van der Waals surface area contributed by atoms with E-state index in [9.17, 15) is 4.79 Å². The Morgan fingerprint density at radius 1 is 0.923 bits per heavy atom. The van der Waals surface area contributed by atoms with Crippen molar-refractivity contribution in [3.63, 3.8) is 0 Å². The minimum absolute atomic E-state index is 0.156. The van der Waals surface area contributed by atoms with Gasteiger partial charge in [0.2, 0.25) is 5.43 Å². The van der Waals surface area contributed by atoms with Crippen LogP contribution in [-0.4, -0.2) is 19.6 Å². The first-order chi connectivity index (χ1) is 12.8. The normalized spacial score (nSPS) is 12.2. The van der Waals surface area contributed by atoms with Gasteiger partial charge in [0.05, 0.1) is 23.3 Å². The van der Waals surface area contributed by atoms with Gasteiger partial charge in [0.15, 0.2) is 5.69 Å². The number of para-hydroxylation sites is 3. The van der Waals surface area contributed by atoms with Gasteiger partial charge in [0.1, 0.15) is 18.0 Å². The molecule has 2 aromatic heterocycles. The highest BCUT2D eigenvalue weighted by Crippen LogP contribution is 2.29. The largest absolute Gasteiger partial charge is 0.485 e. The smallest absolute Gasteiger partial charge is 0.210 e. The topological polar surface area (TPSA) is 61.9 Å². The highest BCUT2D eigenvalue weighted by atomic mass is 16.5. The van der Waals surface area contributed by atoms with Gasteiger partial charge in [-0.2, -0.15) is 10.2 Å². The Morgan fingerprint density at radius 2 is 1.73 bits per heavy atom. The van der Waals surface area contributed by atoms with Crippen LogP contribution >= 0.6 is 0 Å². The van der Waals surface area contributed by atoms with Crippen molar-refractivity contribution in [3.05, 3.63) is 88.8 Å². The lowest BCUT2D eigenvalue weighted by molar-refractivity contribution is 0.278. The van der Waals surface area contributed by atoms with Crippen molar-refractivity contribution in [3.8, 4) is 28.5 Å². The van der Waals surface area contributed by atoms with E-state index >= 15 is 0 Å². The molecule has 1 aliphatic heterocycles. The van der Waals surface area contributed by atoms with Gasteiger partial charge in [-0.3, -0.25) is 4.79 Å². The molecule has 6 heteroatoms. The maximum absolute atomic E-state index is 12.7. The summed E-state index contributed by atoms with van der Waals surface area (Å²) in [4.78, 5) is 12.7. The first-order valence-corrected chi connectivity index (χ1v) is 8.26. The van der Waals surface area contributed by atoms with Gasteiger partial charge in [-0.1, -0.05) is 30.3 Å². The molecular formula is C20H14N4O2. The molecule has 4 aromatic rings. The van der Waals surface area contributed by atoms with Crippen molar-refractivity contribution in [2.75, 3.05) is 0 Å². The second-order valence-corrected chi connectivity index (χ2v) is 5.98. The number of fused-ring (bicyclic) bond motifs is 3. The van der Waals surface area contributed by atoms with E-state index in [-0.39, 0.29) is 5.43 Å². The monoisotopic (exact) mass is 342 g/mol. The molecule has 126 valence electrons. The standard InChI is InChI=1S/C20H14N4O2/c25-18-12-15-13-26-19-9-5-4-8-16(19)24(15)22-20(18)17-10-11-21-23(17)14-6-2-1-3-7-14/h1-12H,13H2. The van der Waals surface area contributed by atoms with Crippen molar-refractivity contribution in [2.45, 2.75) is 6.61 Å². The van der Waals surface area contributed by atoms with Crippen LogP contribution in [0.15, 0.2) is 77.7 Å². The van der Waals surface area contributed by atoms with E-state index in [0.717, 1.165) is 22.8 Å². The van der Waals surface area contributed by atoms with E-state index in [0.29, 0.717) is 18.0 Å². The summed E-state index contributed by atoms with van der Waals surface area (Å²) in [5.74, 6) is 0.749. The summed E-state index contributed by atoms with van der Waals surface area (Å²) in [5.41, 5.74) is 3.27. The second-order valence-electron chi connectivity index (χ2n) is 5.98. The zero-order chi connectivity index (χ0) is 17.5. The van der Waals surface area contributed by atoms with Crippen LogP contribution in [0.2, 0.25) is 0 Å². The average Bonchev–Trinajstić information content (AvgIpc) is 3.17. The fraction of sp³-hybridized carbons (Fsp3) is 0.0500. The molecule has 0 amide bonds. The Balaban J connectivity index is 1.72. The van der Waals surface area contributed by atoms with Gasteiger partial charge < -0.3 is 4.74 Å². The molecule has 6 nitrogen and oxygen atoms in total. The lowest BCUT2D eigenvalue weighted by atomic mass is 10.2. The Hall–Kier alpha value is -3.67. The van der Waals surface area contributed by atoms with Crippen molar-refractivity contribution in [2.24, 2.45) is 0 Å². The SMILES string of the molecule is O=c1cc2n(nc1-c1ccnn1-c1ccccc1)-c1ccccc1OC2. The zero-order valence-electron chi connectivity index (χ0n) is 13.7. The quantitative estimate of drug-likeness (QED) is 0.562. The van der Waals surface area contributed by atoms with Crippen LogP contribution in [0.3, 0.4) is 0 Å². The molecule has 5 rings (SSSR count). The predicted octanol–water partition coefficient (Wildman–Crippen LogP) is 2.98. The van der Waals surface area contributed by atoms with Crippen LogP contribution in [0, 0.1) is 0 Å². The number of aromatic nitrogens is 4. The summed E-state index contributed by atoms with van der Waals surface area (Å²) in [6.45, 7) is 0.317. The molecule has 0 radical (unpaired) electrons. The highest BCUT2D eigenvalue weighted by molar-refractivity contribution is 5.58.